The molecule has 2 nitrogen and oxygen atoms in total. The van der Waals surface area contributed by atoms with Crippen LogP contribution in [0.5, 0.6) is 0 Å². The first-order valence-corrected chi connectivity index (χ1v) is 7.96. The summed E-state index contributed by atoms with van der Waals surface area (Å²) in [4.78, 5) is 11.8. The first kappa shape index (κ1) is 15.9. The van der Waals surface area contributed by atoms with Crippen LogP contribution >= 0.6 is 23.4 Å². The molecule has 0 aliphatic heterocycles. The third kappa shape index (κ3) is 5.06. The first-order valence-electron chi connectivity index (χ1n) is 6.43. The van der Waals surface area contributed by atoms with E-state index in [0.717, 1.165) is 5.75 Å². The number of carbonyl (C=O) groups excluding carboxylic acids is 1. The Balaban J connectivity index is 1.79. The van der Waals surface area contributed by atoms with Crippen molar-refractivity contribution in [2.45, 2.75) is 12.7 Å². The quantitative estimate of drug-likeness (QED) is 0.867. The van der Waals surface area contributed by atoms with Crippen LogP contribution < -0.4 is 5.32 Å². The van der Waals surface area contributed by atoms with E-state index in [1.165, 1.54) is 41.1 Å². The van der Waals surface area contributed by atoms with Crippen LogP contribution in [0.15, 0.2) is 42.5 Å². The normalized spacial score (nSPS) is 10.4. The summed E-state index contributed by atoms with van der Waals surface area (Å²) in [5.41, 5.74) is 2.90. The Morgan fingerprint density at radius 1 is 1.24 bits per heavy atom. The molecule has 0 unspecified atom stereocenters. The smallest absolute Gasteiger partial charge is 0.234 e. The summed E-state index contributed by atoms with van der Waals surface area (Å²) in [6.45, 7) is 2.04. The van der Waals surface area contributed by atoms with Gasteiger partial charge in [-0.3, -0.25) is 4.79 Å². The molecule has 0 heterocycles. The van der Waals surface area contributed by atoms with Crippen molar-refractivity contribution in [3.63, 3.8) is 0 Å². The van der Waals surface area contributed by atoms with E-state index in [0.29, 0.717) is 11.4 Å². The average Bonchev–Trinajstić information content (AvgIpc) is 2.45. The SMILES string of the molecule is Cc1ccc(CSCC(=O)Nc2ccc(F)c(Cl)c2)cc1. The van der Waals surface area contributed by atoms with Gasteiger partial charge in [0.2, 0.25) is 5.91 Å². The summed E-state index contributed by atoms with van der Waals surface area (Å²) in [6, 6.07) is 12.3. The largest absolute Gasteiger partial charge is 0.325 e. The molecule has 2 aromatic rings. The van der Waals surface area contributed by atoms with Crippen molar-refractivity contribution in [2.24, 2.45) is 0 Å². The molecule has 0 fully saturated rings. The maximum absolute atomic E-state index is 13.0. The Morgan fingerprint density at radius 2 is 1.95 bits per heavy atom. The summed E-state index contributed by atoms with van der Waals surface area (Å²) in [5, 5.41) is 2.69. The highest BCUT2D eigenvalue weighted by molar-refractivity contribution is 7.99. The van der Waals surface area contributed by atoms with Crippen molar-refractivity contribution >= 4 is 35.0 Å². The number of aryl methyl sites for hydroxylation is 1. The molecule has 0 aromatic heterocycles. The molecular weight excluding hydrogens is 309 g/mol. The highest BCUT2D eigenvalue weighted by atomic mass is 35.5. The molecule has 0 aliphatic carbocycles. The monoisotopic (exact) mass is 323 g/mol. The van der Waals surface area contributed by atoms with Gasteiger partial charge in [0.25, 0.3) is 0 Å². The van der Waals surface area contributed by atoms with Gasteiger partial charge in [0.15, 0.2) is 0 Å². The molecule has 0 spiro atoms. The number of amides is 1. The van der Waals surface area contributed by atoms with E-state index in [2.05, 4.69) is 29.6 Å². The number of hydrogen-bond donors (Lipinski definition) is 1. The van der Waals surface area contributed by atoms with E-state index in [1.807, 2.05) is 6.92 Å². The van der Waals surface area contributed by atoms with Crippen molar-refractivity contribution in [2.75, 3.05) is 11.1 Å². The predicted molar refractivity (Wildman–Crippen MR) is 87.4 cm³/mol. The molecule has 5 heteroatoms. The standard InChI is InChI=1S/C16H15ClFNOS/c1-11-2-4-12(5-3-11)9-21-10-16(20)19-13-6-7-15(18)14(17)8-13/h2-8H,9-10H2,1H3,(H,19,20). The lowest BCUT2D eigenvalue weighted by Gasteiger charge is -2.06. The molecular formula is C16H15ClFNOS. The Kier molecular flexibility index (Phi) is 5.65. The fraction of sp³-hybridized carbons (Fsp3) is 0.188. The van der Waals surface area contributed by atoms with Crippen LogP contribution in [0.1, 0.15) is 11.1 Å². The number of halogens is 2. The number of carbonyl (C=O) groups is 1. The number of nitrogens with one attached hydrogen (secondary N) is 1. The second-order valence-electron chi connectivity index (χ2n) is 4.66. The van der Waals surface area contributed by atoms with Crippen LogP contribution in [0.25, 0.3) is 0 Å². The number of rotatable bonds is 5. The molecule has 2 aromatic carbocycles. The van der Waals surface area contributed by atoms with E-state index < -0.39 is 5.82 Å². The van der Waals surface area contributed by atoms with Crippen molar-refractivity contribution in [3.05, 3.63) is 64.4 Å². The Morgan fingerprint density at radius 3 is 2.62 bits per heavy atom. The summed E-state index contributed by atoms with van der Waals surface area (Å²) in [6.07, 6.45) is 0. The number of hydrogen-bond acceptors (Lipinski definition) is 2. The third-order valence-corrected chi connectivity index (χ3v) is 4.12. The molecule has 0 aliphatic rings. The van der Waals surface area contributed by atoms with Gasteiger partial charge in [0.05, 0.1) is 10.8 Å². The van der Waals surface area contributed by atoms with Crippen LogP contribution in [0, 0.1) is 12.7 Å². The van der Waals surface area contributed by atoms with Gasteiger partial charge < -0.3 is 5.32 Å². The fourth-order valence-electron chi connectivity index (χ4n) is 1.72. The van der Waals surface area contributed by atoms with Gasteiger partial charge in [-0.25, -0.2) is 4.39 Å². The lowest BCUT2D eigenvalue weighted by atomic mass is 10.2. The van der Waals surface area contributed by atoms with Gasteiger partial charge in [-0.15, -0.1) is 11.8 Å². The molecule has 0 radical (unpaired) electrons. The molecule has 0 saturated carbocycles. The second kappa shape index (κ2) is 7.48. The van der Waals surface area contributed by atoms with Crippen molar-refractivity contribution < 1.29 is 9.18 Å². The minimum Gasteiger partial charge on any atom is -0.325 e. The van der Waals surface area contributed by atoms with E-state index in [9.17, 15) is 9.18 Å². The maximum Gasteiger partial charge on any atom is 0.234 e. The Hall–Kier alpha value is -1.52. The highest BCUT2D eigenvalue weighted by Crippen LogP contribution is 2.20. The lowest BCUT2D eigenvalue weighted by Crippen LogP contribution is -2.14. The van der Waals surface area contributed by atoms with E-state index >= 15 is 0 Å². The lowest BCUT2D eigenvalue weighted by molar-refractivity contribution is -0.113. The van der Waals surface area contributed by atoms with Crippen molar-refractivity contribution in [1.29, 1.82) is 0 Å². The molecule has 0 atom stereocenters. The van der Waals surface area contributed by atoms with Crippen molar-refractivity contribution in [3.8, 4) is 0 Å². The first-order chi connectivity index (χ1) is 10.0. The summed E-state index contributed by atoms with van der Waals surface area (Å²) < 4.78 is 13.0. The van der Waals surface area contributed by atoms with Crippen LogP contribution in [-0.4, -0.2) is 11.7 Å². The highest BCUT2D eigenvalue weighted by Gasteiger charge is 2.05. The van der Waals surface area contributed by atoms with Crippen LogP contribution in [0.4, 0.5) is 10.1 Å². The molecule has 21 heavy (non-hydrogen) atoms. The molecule has 2 rings (SSSR count). The predicted octanol–water partition coefficient (Wildman–Crippen LogP) is 4.66. The van der Waals surface area contributed by atoms with Crippen LogP contribution in [0.2, 0.25) is 5.02 Å². The van der Waals surface area contributed by atoms with Gasteiger partial charge in [-0.2, -0.15) is 0 Å². The molecule has 110 valence electrons. The Labute approximate surface area is 132 Å². The van der Waals surface area contributed by atoms with E-state index in [4.69, 9.17) is 11.6 Å². The fourth-order valence-corrected chi connectivity index (χ4v) is 2.69. The zero-order valence-corrected chi connectivity index (χ0v) is 13.1. The van der Waals surface area contributed by atoms with Gasteiger partial charge in [0, 0.05) is 11.4 Å². The number of thioether (sulfide) groups is 1. The third-order valence-electron chi connectivity index (χ3n) is 2.83. The zero-order valence-electron chi connectivity index (χ0n) is 11.5. The van der Waals surface area contributed by atoms with Gasteiger partial charge >= 0.3 is 0 Å². The van der Waals surface area contributed by atoms with Crippen LogP contribution in [-0.2, 0) is 10.5 Å². The molecule has 1 N–H and O–H groups in total. The van der Waals surface area contributed by atoms with Gasteiger partial charge in [-0.05, 0) is 30.7 Å². The Bertz CT molecular complexity index is 631. The van der Waals surface area contributed by atoms with E-state index in [1.54, 1.807) is 0 Å². The van der Waals surface area contributed by atoms with Gasteiger partial charge in [-0.1, -0.05) is 41.4 Å². The minimum atomic E-state index is -0.497. The average molecular weight is 324 g/mol. The second-order valence-corrected chi connectivity index (χ2v) is 6.05. The number of anilines is 1. The van der Waals surface area contributed by atoms with E-state index in [-0.39, 0.29) is 10.9 Å². The van der Waals surface area contributed by atoms with Crippen molar-refractivity contribution in [1.82, 2.24) is 0 Å². The molecule has 1 amide bonds. The summed E-state index contributed by atoms with van der Waals surface area (Å²) in [5.74, 6) is 0.485. The summed E-state index contributed by atoms with van der Waals surface area (Å²) in [7, 11) is 0. The maximum atomic E-state index is 13.0. The number of benzene rings is 2. The van der Waals surface area contributed by atoms with Crippen LogP contribution in [0.3, 0.4) is 0 Å². The zero-order chi connectivity index (χ0) is 15.2. The molecule has 0 bridgehead atoms. The topological polar surface area (TPSA) is 29.1 Å². The molecule has 0 saturated heterocycles. The summed E-state index contributed by atoms with van der Waals surface area (Å²) >= 11 is 7.19. The van der Waals surface area contributed by atoms with Gasteiger partial charge in [0.1, 0.15) is 5.82 Å². The minimum absolute atomic E-state index is 0.000100.